The van der Waals surface area contributed by atoms with Crippen molar-refractivity contribution in [2.75, 3.05) is 11.9 Å². The molecule has 3 nitrogen and oxygen atoms in total. The Balaban J connectivity index is 2.51. The van der Waals surface area contributed by atoms with Crippen LogP contribution in [-0.2, 0) is 4.79 Å². The molecule has 0 saturated heterocycles. The van der Waals surface area contributed by atoms with Gasteiger partial charge in [0.2, 0.25) is 0 Å². The van der Waals surface area contributed by atoms with Crippen molar-refractivity contribution in [3.63, 3.8) is 0 Å². The van der Waals surface area contributed by atoms with Crippen molar-refractivity contribution < 1.29 is 9.90 Å². The van der Waals surface area contributed by atoms with Crippen LogP contribution in [0.3, 0.4) is 0 Å². The fourth-order valence-electron chi connectivity index (χ4n) is 0.943. The minimum absolute atomic E-state index is 0.449. The monoisotopic (exact) mass is 289 g/mol. The van der Waals surface area contributed by atoms with Gasteiger partial charge >= 0.3 is 5.97 Å². The third kappa shape index (κ3) is 4.36. The quantitative estimate of drug-likeness (QED) is 0.838. The highest BCUT2D eigenvalue weighted by atomic mass is 79.9. The van der Waals surface area contributed by atoms with Gasteiger partial charge in [0.25, 0.3) is 0 Å². The van der Waals surface area contributed by atoms with Crippen molar-refractivity contribution >= 4 is 39.2 Å². The van der Waals surface area contributed by atoms with Gasteiger partial charge in [0.15, 0.2) is 0 Å². The molecule has 0 atom stereocenters. The number of hydrogen-bond donors (Lipinski definition) is 2. The summed E-state index contributed by atoms with van der Waals surface area (Å²) in [4.78, 5) is 10.2. The Morgan fingerprint density at radius 1 is 1.60 bits per heavy atom. The number of aliphatic carboxylic acids is 1. The van der Waals surface area contributed by atoms with Crippen molar-refractivity contribution in [1.29, 1.82) is 0 Å². The van der Waals surface area contributed by atoms with Crippen molar-refractivity contribution in [3.8, 4) is 0 Å². The molecule has 80 valence electrons. The molecule has 0 bridgehead atoms. The Kier molecular flexibility index (Phi) is 4.65. The number of anilines is 1. The average molecular weight is 291 g/mol. The lowest BCUT2D eigenvalue weighted by molar-refractivity contribution is -0.131. The van der Waals surface area contributed by atoms with Crippen LogP contribution in [0.2, 0.25) is 5.02 Å². The molecular weight excluding hydrogens is 281 g/mol. The molecule has 0 aromatic heterocycles. The van der Waals surface area contributed by atoms with E-state index in [-0.39, 0.29) is 0 Å². The largest absolute Gasteiger partial charge is 0.478 e. The number of benzene rings is 1. The minimum Gasteiger partial charge on any atom is -0.478 e. The number of carboxylic acids is 1. The van der Waals surface area contributed by atoms with Crippen LogP contribution in [0.1, 0.15) is 0 Å². The molecular formula is C10H9BrClNO2. The van der Waals surface area contributed by atoms with Gasteiger partial charge in [-0.25, -0.2) is 4.79 Å². The van der Waals surface area contributed by atoms with Crippen LogP contribution < -0.4 is 5.32 Å². The summed E-state index contributed by atoms with van der Waals surface area (Å²) < 4.78 is 0.829. The van der Waals surface area contributed by atoms with E-state index in [2.05, 4.69) is 21.2 Å². The normalized spacial score (nSPS) is 10.5. The van der Waals surface area contributed by atoms with E-state index in [9.17, 15) is 4.79 Å². The summed E-state index contributed by atoms with van der Waals surface area (Å²) in [5.74, 6) is -0.953. The molecule has 15 heavy (non-hydrogen) atoms. The number of carbonyl (C=O) groups is 1. The third-order valence-electron chi connectivity index (χ3n) is 1.60. The zero-order valence-corrected chi connectivity index (χ0v) is 10.0. The van der Waals surface area contributed by atoms with E-state index in [0.717, 1.165) is 16.2 Å². The predicted molar refractivity (Wildman–Crippen MR) is 64.4 cm³/mol. The lowest BCUT2D eigenvalue weighted by Gasteiger charge is -2.04. The number of carboxylic acid groups (broad SMARTS) is 1. The molecule has 0 saturated carbocycles. The Morgan fingerprint density at radius 2 is 2.33 bits per heavy atom. The number of rotatable bonds is 4. The lowest BCUT2D eigenvalue weighted by atomic mass is 10.3. The predicted octanol–water partition coefficient (Wildman–Crippen LogP) is 3.16. The minimum atomic E-state index is -0.953. The first-order valence-electron chi connectivity index (χ1n) is 4.18. The van der Waals surface area contributed by atoms with Gasteiger partial charge in [0.05, 0.1) is 5.02 Å². The highest BCUT2D eigenvalue weighted by Gasteiger charge is 1.97. The van der Waals surface area contributed by atoms with Crippen LogP contribution in [0, 0.1) is 0 Å². The summed E-state index contributed by atoms with van der Waals surface area (Å²) in [5, 5.41) is 12.0. The fraction of sp³-hybridized carbons (Fsp3) is 0.100. The molecule has 0 amide bonds. The third-order valence-corrected chi connectivity index (χ3v) is 2.84. The maximum Gasteiger partial charge on any atom is 0.328 e. The molecule has 2 N–H and O–H groups in total. The van der Waals surface area contributed by atoms with Gasteiger partial charge in [-0.3, -0.25) is 0 Å². The van der Waals surface area contributed by atoms with E-state index < -0.39 is 5.97 Å². The molecule has 0 aliphatic heterocycles. The standard InChI is InChI=1S/C10H9BrClNO2/c11-8-4-3-7(6-9(8)12)13-5-1-2-10(14)15/h1-4,6,13H,5H2,(H,14,15)/b2-1+. The number of nitrogens with one attached hydrogen (secondary N) is 1. The first-order chi connectivity index (χ1) is 7.09. The van der Waals surface area contributed by atoms with Gasteiger partial charge < -0.3 is 10.4 Å². The van der Waals surface area contributed by atoms with E-state index in [1.165, 1.54) is 6.08 Å². The van der Waals surface area contributed by atoms with Crippen molar-refractivity contribution in [2.45, 2.75) is 0 Å². The molecule has 0 aliphatic carbocycles. The number of halogens is 2. The van der Waals surface area contributed by atoms with Crippen molar-refractivity contribution in [3.05, 3.63) is 39.8 Å². The molecule has 0 fully saturated rings. The Bertz CT molecular complexity index is 393. The van der Waals surface area contributed by atoms with Gasteiger partial charge in [0, 0.05) is 22.8 Å². The zero-order valence-electron chi connectivity index (χ0n) is 7.71. The Morgan fingerprint density at radius 3 is 2.93 bits per heavy atom. The molecule has 0 radical (unpaired) electrons. The molecule has 1 rings (SSSR count). The van der Waals surface area contributed by atoms with Crippen molar-refractivity contribution in [1.82, 2.24) is 0 Å². The smallest absolute Gasteiger partial charge is 0.328 e. The Hall–Kier alpha value is -1.000. The SMILES string of the molecule is O=C(O)/C=C/CNc1ccc(Br)c(Cl)c1. The molecule has 1 aromatic rings. The van der Waals surface area contributed by atoms with Crippen molar-refractivity contribution in [2.24, 2.45) is 0 Å². The van der Waals surface area contributed by atoms with E-state index in [1.807, 2.05) is 12.1 Å². The summed E-state index contributed by atoms with van der Waals surface area (Å²) in [6, 6.07) is 5.44. The summed E-state index contributed by atoms with van der Waals surface area (Å²) in [6.45, 7) is 0.449. The fourth-order valence-corrected chi connectivity index (χ4v) is 1.37. The molecule has 0 heterocycles. The molecule has 0 aliphatic rings. The van der Waals surface area contributed by atoms with Crippen LogP contribution in [0.25, 0.3) is 0 Å². The second kappa shape index (κ2) is 5.78. The first kappa shape index (κ1) is 12.1. The Labute approximate surface area is 101 Å². The molecule has 5 heteroatoms. The van der Waals surface area contributed by atoms with Crippen LogP contribution in [0.5, 0.6) is 0 Å². The van der Waals surface area contributed by atoms with Gasteiger partial charge in [-0.2, -0.15) is 0 Å². The van der Waals surface area contributed by atoms with Gasteiger partial charge in [-0.05, 0) is 34.1 Å². The topological polar surface area (TPSA) is 49.3 Å². The van der Waals surface area contributed by atoms with Crippen LogP contribution in [-0.4, -0.2) is 17.6 Å². The molecule has 0 spiro atoms. The van der Waals surface area contributed by atoms with Crippen LogP contribution >= 0.6 is 27.5 Å². The molecule has 1 aromatic carbocycles. The highest BCUT2D eigenvalue weighted by molar-refractivity contribution is 9.10. The van der Waals surface area contributed by atoms with E-state index in [0.29, 0.717) is 11.6 Å². The van der Waals surface area contributed by atoms with E-state index >= 15 is 0 Å². The van der Waals surface area contributed by atoms with E-state index in [1.54, 1.807) is 6.07 Å². The second-order valence-electron chi connectivity index (χ2n) is 2.75. The van der Waals surface area contributed by atoms with E-state index in [4.69, 9.17) is 16.7 Å². The van der Waals surface area contributed by atoms with Crippen LogP contribution in [0.15, 0.2) is 34.8 Å². The molecule has 0 unspecified atom stereocenters. The summed E-state index contributed by atoms with van der Waals surface area (Å²) in [5.41, 5.74) is 0.846. The second-order valence-corrected chi connectivity index (χ2v) is 4.01. The van der Waals surface area contributed by atoms with Gasteiger partial charge in [0.1, 0.15) is 0 Å². The summed E-state index contributed by atoms with van der Waals surface area (Å²) >= 11 is 9.16. The lowest BCUT2D eigenvalue weighted by Crippen LogP contribution is -1.99. The summed E-state index contributed by atoms with van der Waals surface area (Å²) in [6.07, 6.45) is 2.62. The average Bonchev–Trinajstić information content (AvgIpc) is 2.18. The maximum absolute atomic E-state index is 10.2. The summed E-state index contributed by atoms with van der Waals surface area (Å²) in [7, 11) is 0. The maximum atomic E-state index is 10.2. The zero-order chi connectivity index (χ0) is 11.3. The van der Waals surface area contributed by atoms with Crippen LogP contribution in [0.4, 0.5) is 5.69 Å². The van der Waals surface area contributed by atoms with Gasteiger partial charge in [-0.15, -0.1) is 0 Å². The van der Waals surface area contributed by atoms with Gasteiger partial charge in [-0.1, -0.05) is 17.7 Å². The number of hydrogen-bond acceptors (Lipinski definition) is 2. The highest BCUT2D eigenvalue weighted by Crippen LogP contribution is 2.25. The first-order valence-corrected chi connectivity index (χ1v) is 5.35.